The Balaban J connectivity index is 1.46. The van der Waals surface area contributed by atoms with E-state index in [0.717, 1.165) is 17.0 Å². The Morgan fingerprint density at radius 3 is 2.46 bits per heavy atom. The van der Waals surface area contributed by atoms with Crippen molar-refractivity contribution < 1.29 is 19.1 Å². The molecule has 4 aromatic rings. The second kappa shape index (κ2) is 10.8. The van der Waals surface area contributed by atoms with Crippen molar-refractivity contribution in [3.8, 4) is 22.8 Å². The number of amides is 2. The molecule has 4 rings (SSSR count). The summed E-state index contributed by atoms with van der Waals surface area (Å²) in [5, 5.41) is 13.8. The minimum atomic E-state index is -0.475. The Morgan fingerprint density at radius 1 is 0.914 bits per heavy atom. The van der Waals surface area contributed by atoms with Gasteiger partial charge in [0.2, 0.25) is 0 Å². The van der Waals surface area contributed by atoms with Gasteiger partial charge in [-0.15, -0.1) is 0 Å². The Kier molecular flexibility index (Phi) is 7.17. The van der Waals surface area contributed by atoms with Gasteiger partial charge < -0.3 is 14.8 Å². The number of rotatable bonds is 8. The number of nitrogens with zero attached hydrogens (tertiary/aromatic N) is 2. The molecule has 0 aliphatic carbocycles. The maximum atomic E-state index is 12.8. The van der Waals surface area contributed by atoms with Gasteiger partial charge in [-0.3, -0.25) is 14.7 Å². The highest BCUT2D eigenvalue weighted by Crippen LogP contribution is 2.23. The standard InChI is InChI=1S/C26H23N5O4/c1-34-20-12-10-17(11-13-20)24-19(15-27-30-24)16-28-31-26(33)22-8-3-4-9-23(22)29-25(32)18-6-5-7-21(14-18)35-2/h3-16H,1-2H3,(H,27,30)(H,29,32)(H,31,33). The Bertz CT molecular complexity index is 1360. The van der Waals surface area contributed by atoms with E-state index >= 15 is 0 Å². The third-order valence-electron chi connectivity index (χ3n) is 5.17. The summed E-state index contributed by atoms with van der Waals surface area (Å²) in [6, 6.07) is 20.9. The summed E-state index contributed by atoms with van der Waals surface area (Å²) < 4.78 is 10.4. The molecule has 0 atom stereocenters. The van der Waals surface area contributed by atoms with Crippen molar-refractivity contribution >= 4 is 23.7 Å². The number of methoxy groups -OCH3 is 2. The van der Waals surface area contributed by atoms with Gasteiger partial charge in [-0.05, 0) is 54.6 Å². The predicted molar refractivity (Wildman–Crippen MR) is 133 cm³/mol. The smallest absolute Gasteiger partial charge is 0.273 e. The van der Waals surface area contributed by atoms with Crippen LogP contribution in [-0.2, 0) is 0 Å². The number of anilines is 1. The van der Waals surface area contributed by atoms with Gasteiger partial charge in [0.05, 0.1) is 43.6 Å². The van der Waals surface area contributed by atoms with E-state index in [1.54, 1.807) is 61.8 Å². The van der Waals surface area contributed by atoms with Crippen LogP contribution in [-0.4, -0.2) is 42.4 Å². The fourth-order valence-electron chi connectivity index (χ4n) is 3.35. The van der Waals surface area contributed by atoms with Crippen LogP contribution in [0.4, 0.5) is 5.69 Å². The Labute approximate surface area is 201 Å². The molecular formula is C26H23N5O4. The van der Waals surface area contributed by atoms with Gasteiger partial charge in [0.15, 0.2) is 0 Å². The zero-order valence-corrected chi connectivity index (χ0v) is 19.1. The molecule has 0 saturated heterocycles. The number of aromatic amines is 1. The lowest BCUT2D eigenvalue weighted by atomic mass is 10.1. The van der Waals surface area contributed by atoms with Crippen LogP contribution in [0.15, 0.2) is 84.1 Å². The van der Waals surface area contributed by atoms with Crippen molar-refractivity contribution in [3.63, 3.8) is 0 Å². The van der Waals surface area contributed by atoms with E-state index < -0.39 is 5.91 Å². The summed E-state index contributed by atoms with van der Waals surface area (Å²) in [5.41, 5.74) is 5.86. The number of hydrazone groups is 1. The van der Waals surface area contributed by atoms with Crippen LogP contribution in [0.3, 0.4) is 0 Å². The van der Waals surface area contributed by atoms with Crippen LogP contribution >= 0.6 is 0 Å². The normalized spacial score (nSPS) is 10.7. The fourth-order valence-corrected chi connectivity index (χ4v) is 3.35. The molecule has 176 valence electrons. The summed E-state index contributed by atoms with van der Waals surface area (Å²) in [6.07, 6.45) is 3.11. The number of hydrogen-bond donors (Lipinski definition) is 3. The van der Waals surface area contributed by atoms with E-state index in [9.17, 15) is 9.59 Å². The molecule has 9 heteroatoms. The number of H-pyrrole nitrogens is 1. The molecular weight excluding hydrogens is 446 g/mol. The largest absolute Gasteiger partial charge is 0.497 e. The Hall–Kier alpha value is -4.92. The molecule has 0 unspecified atom stereocenters. The van der Waals surface area contributed by atoms with E-state index in [1.165, 1.54) is 13.3 Å². The molecule has 0 bridgehead atoms. The minimum Gasteiger partial charge on any atom is -0.497 e. The molecule has 0 aliphatic heterocycles. The third kappa shape index (κ3) is 5.53. The first kappa shape index (κ1) is 23.2. The topological polar surface area (TPSA) is 118 Å². The third-order valence-corrected chi connectivity index (χ3v) is 5.17. The second-order valence-electron chi connectivity index (χ2n) is 7.36. The molecule has 3 aromatic carbocycles. The van der Waals surface area contributed by atoms with Gasteiger partial charge >= 0.3 is 0 Å². The first-order chi connectivity index (χ1) is 17.1. The lowest BCUT2D eigenvalue weighted by molar-refractivity contribution is 0.0956. The first-order valence-electron chi connectivity index (χ1n) is 10.6. The molecule has 0 fully saturated rings. The molecule has 9 nitrogen and oxygen atoms in total. The van der Waals surface area contributed by atoms with Crippen molar-refractivity contribution in [2.75, 3.05) is 19.5 Å². The molecule has 0 spiro atoms. The summed E-state index contributed by atoms with van der Waals surface area (Å²) in [7, 11) is 3.13. The first-order valence-corrected chi connectivity index (χ1v) is 10.6. The van der Waals surface area contributed by atoms with Crippen molar-refractivity contribution in [1.82, 2.24) is 15.6 Å². The number of nitrogens with one attached hydrogen (secondary N) is 3. The van der Waals surface area contributed by atoms with Crippen LogP contribution in [0, 0.1) is 0 Å². The number of carbonyl (C=O) groups excluding carboxylic acids is 2. The van der Waals surface area contributed by atoms with E-state index in [0.29, 0.717) is 22.6 Å². The minimum absolute atomic E-state index is 0.267. The van der Waals surface area contributed by atoms with Crippen molar-refractivity contribution in [1.29, 1.82) is 0 Å². The molecule has 1 aromatic heterocycles. The van der Waals surface area contributed by atoms with Gasteiger partial charge in [0, 0.05) is 16.7 Å². The van der Waals surface area contributed by atoms with Gasteiger partial charge in [-0.25, -0.2) is 5.43 Å². The lowest BCUT2D eigenvalue weighted by Crippen LogP contribution is -2.21. The number of ether oxygens (including phenoxy) is 2. The summed E-state index contributed by atoms with van der Waals surface area (Å²) in [6.45, 7) is 0. The molecule has 0 saturated carbocycles. The summed E-state index contributed by atoms with van der Waals surface area (Å²) >= 11 is 0. The highest BCUT2D eigenvalue weighted by molar-refractivity contribution is 6.09. The molecule has 35 heavy (non-hydrogen) atoms. The van der Waals surface area contributed by atoms with Crippen LogP contribution in [0.2, 0.25) is 0 Å². The predicted octanol–water partition coefficient (Wildman–Crippen LogP) is 4.11. The Morgan fingerprint density at radius 2 is 1.69 bits per heavy atom. The van der Waals surface area contributed by atoms with Crippen molar-refractivity contribution in [2.45, 2.75) is 0 Å². The van der Waals surface area contributed by atoms with Gasteiger partial charge in [-0.1, -0.05) is 18.2 Å². The second-order valence-corrected chi connectivity index (χ2v) is 7.36. The maximum absolute atomic E-state index is 12.8. The molecule has 0 aliphatic rings. The van der Waals surface area contributed by atoms with Crippen LogP contribution in [0.5, 0.6) is 11.5 Å². The number of para-hydroxylation sites is 1. The van der Waals surface area contributed by atoms with Gasteiger partial charge in [0.1, 0.15) is 11.5 Å². The fraction of sp³-hybridized carbons (Fsp3) is 0.0769. The number of benzene rings is 3. The number of carbonyl (C=O) groups is 2. The molecule has 1 heterocycles. The molecule has 2 amide bonds. The van der Waals surface area contributed by atoms with E-state index in [-0.39, 0.29) is 11.5 Å². The van der Waals surface area contributed by atoms with E-state index in [2.05, 4.69) is 26.0 Å². The van der Waals surface area contributed by atoms with E-state index in [4.69, 9.17) is 9.47 Å². The highest BCUT2D eigenvalue weighted by Gasteiger charge is 2.14. The zero-order valence-electron chi connectivity index (χ0n) is 19.1. The van der Waals surface area contributed by atoms with Crippen molar-refractivity contribution in [2.24, 2.45) is 5.10 Å². The average Bonchev–Trinajstić information content (AvgIpc) is 3.37. The average molecular weight is 470 g/mol. The maximum Gasteiger partial charge on any atom is 0.273 e. The highest BCUT2D eigenvalue weighted by atomic mass is 16.5. The molecule has 3 N–H and O–H groups in total. The van der Waals surface area contributed by atoms with Crippen LogP contribution in [0.1, 0.15) is 26.3 Å². The number of aromatic nitrogens is 2. The zero-order chi connectivity index (χ0) is 24.6. The van der Waals surface area contributed by atoms with Gasteiger partial charge in [0.25, 0.3) is 11.8 Å². The monoisotopic (exact) mass is 469 g/mol. The van der Waals surface area contributed by atoms with Crippen LogP contribution < -0.4 is 20.2 Å². The van der Waals surface area contributed by atoms with Crippen LogP contribution in [0.25, 0.3) is 11.3 Å². The SMILES string of the molecule is COc1ccc(-c2[nH]ncc2C=NNC(=O)c2ccccc2NC(=O)c2cccc(OC)c2)cc1. The lowest BCUT2D eigenvalue weighted by Gasteiger charge is -2.10. The summed E-state index contributed by atoms with van der Waals surface area (Å²) in [4.78, 5) is 25.5. The summed E-state index contributed by atoms with van der Waals surface area (Å²) in [5.74, 6) is 0.464. The van der Waals surface area contributed by atoms with E-state index in [1.807, 2.05) is 24.3 Å². The molecule has 0 radical (unpaired) electrons. The number of hydrogen-bond acceptors (Lipinski definition) is 6. The van der Waals surface area contributed by atoms with Crippen molar-refractivity contribution in [3.05, 3.63) is 95.7 Å². The van der Waals surface area contributed by atoms with Gasteiger partial charge in [-0.2, -0.15) is 10.2 Å². The quantitative estimate of drug-likeness (QED) is 0.265.